The molecule has 4 rings (SSSR count). The molecule has 0 spiro atoms. The highest BCUT2D eigenvalue weighted by atomic mass is 14.6. The lowest BCUT2D eigenvalue weighted by Crippen LogP contribution is -2.40. The summed E-state index contributed by atoms with van der Waals surface area (Å²) in [6, 6.07) is 18.0. The Labute approximate surface area is 186 Å². The van der Waals surface area contributed by atoms with Gasteiger partial charge in [-0.3, -0.25) is 0 Å². The number of benzene rings is 2. The van der Waals surface area contributed by atoms with Crippen molar-refractivity contribution in [3.05, 3.63) is 51.6 Å². The third-order valence-corrected chi connectivity index (χ3v) is 6.85. The average Bonchev–Trinajstić information content (AvgIpc) is 2.82. The number of hydrogen-bond acceptors (Lipinski definition) is 6. The zero-order valence-electron chi connectivity index (χ0n) is 17.2. The molecule has 6 heteroatoms. The zero-order chi connectivity index (χ0) is 22.9. The molecular weight excluding hydrogens is 396 g/mol. The number of fused-ring (bicyclic) bond motifs is 5. The second kappa shape index (κ2) is 7.90. The fraction of sp³-hybridized carbons (Fsp3) is 0.308. The van der Waals surface area contributed by atoms with Gasteiger partial charge in [-0.1, -0.05) is 19.3 Å². The Kier molecular flexibility index (Phi) is 5.10. The molecule has 3 unspecified atom stereocenters. The first-order chi connectivity index (χ1) is 15.6. The Morgan fingerprint density at radius 1 is 0.750 bits per heavy atom. The van der Waals surface area contributed by atoms with Crippen molar-refractivity contribution in [1.82, 2.24) is 0 Å². The lowest BCUT2D eigenvalue weighted by atomic mass is 9.54. The molecule has 0 bridgehead atoms. The van der Waals surface area contributed by atoms with Gasteiger partial charge in [-0.05, 0) is 59.0 Å². The van der Waals surface area contributed by atoms with E-state index >= 15 is 0 Å². The van der Waals surface area contributed by atoms with Gasteiger partial charge >= 0.3 is 0 Å². The molecule has 1 saturated carbocycles. The van der Waals surface area contributed by atoms with E-state index in [-0.39, 0.29) is 16.7 Å². The monoisotopic (exact) mass is 412 g/mol. The van der Waals surface area contributed by atoms with Crippen LogP contribution in [0.3, 0.4) is 0 Å². The standard InChI is InChI=1S/C26H16N6/c27-10-17-6-16-7-19(12-29)25-23(22(16)8-18(17)11-28)9-21(14-31)26(15-32)20(13-30)4-2-1-3-5-24(25)26/h6-9,20,24H,1-5H2. The molecule has 0 N–H and O–H groups in total. The predicted molar refractivity (Wildman–Crippen MR) is 115 cm³/mol. The van der Waals surface area contributed by atoms with Crippen molar-refractivity contribution in [1.29, 1.82) is 31.6 Å². The van der Waals surface area contributed by atoms with Crippen LogP contribution < -0.4 is 0 Å². The molecule has 0 heterocycles. The van der Waals surface area contributed by atoms with E-state index in [2.05, 4.69) is 24.3 Å². The van der Waals surface area contributed by atoms with Crippen LogP contribution in [0.5, 0.6) is 0 Å². The van der Waals surface area contributed by atoms with E-state index in [1.807, 2.05) is 12.1 Å². The maximum absolute atomic E-state index is 10.4. The highest BCUT2D eigenvalue weighted by molar-refractivity contribution is 5.97. The first-order valence-corrected chi connectivity index (χ1v) is 10.4. The van der Waals surface area contributed by atoms with Crippen molar-refractivity contribution < 1.29 is 0 Å². The molecule has 0 aliphatic heterocycles. The van der Waals surface area contributed by atoms with Gasteiger partial charge in [0.25, 0.3) is 0 Å². The molecule has 2 aromatic carbocycles. The normalized spacial score (nSPS) is 23.8. The van der Waals surface area contributed by atoms with Crippen LogP contribution in [0.4, 0.5) is 0 Å². The Morgan fingerprint density at radius 2 is 1.41 bits per heavy atom. The van der Waals surface area contributed by atoms with Gasteiger partial charge < -0.3 is 0 Å². The van der Waals surface area contributed by atoms with Crippen molar-refractivity contribution in [3.8, 4) is 36.4 Å². The molecule has 32 heavy (non-hydrogen) atoms. The van der Waals surface area contributed by atoms with E-state index in [1.165, 1.54) is 0 Å². The van der Waals surface area contributed by atoms with Crippen molar-refractivity contribution in [2.75, 3.05) is 0 Å². The Hall–Kier alpha value is -4.62. The van der Waals surface area contributed by atoms with Crippen LogP contribution in [0.1, 0.15) is 65.8 Å². The minimum absolute atomic E-state index is 0.212. The van der Waals surface area contributed by atoms with Gasteiger partial charge in [0.2, 0.25) is 0 Å². The van der Waals surface area contributed by atoms with E-state index in [1.54, 1.807) is 24.3 Å². The molecule has 2 aliphatic carbocycles. The number of nitrogens with zero attached hydrogens (tertiary/aromatic N) is 6. The van der Waals surface area contributed by atoms with Gasteiger partial charge in [0, 0.05) is 5.92 Å². The highest BCUT2D eigenvalue weighted by Gasteiger charge is 2.53. The number of allylic oxidation sites excluding steroid dienone is 1. The molecule has 0 radical (unpaired) electrons. The molecule has 2 aromatic rings. The van der Waals surface area contributed by atoms with Crippen molar-refractivity contribution >= 4 is 16.8 Å². The average molecular weight is 412 g/mol. The SMILES string of the molecule is N#CC1=Cc2c(c(C#N)cc3cc(C#N)c(C#N)cc23)C2CCCCCC(C#N)C12C#N. The topological polar surface area (TPSA) is 143 Å². The van der Waals surface area contributed by atoms with E-state index in [0.717, 1.165) is 19.3 Å². The van der Waals surface area contributed by atoms with Gasteiger partial charge in [0.15, 0.2) is 0 Å². The van der Waals surface area contributed by atoms with Gasteiger partial charge in [0.05, 0.1) is 52.5 Å². The first kappa shape index (κ1) is 20.6. The lowest BCUT2D eigenvalue weighted by Gasteiger charge is -2.43. The summed E-state index contributed by atoms with van der Waals surface area (Å²) < 4.78 is 0. The summed E-state index contributed by atoms with van der Waals surface area (Å²) >= 11 is 0. The summed E-state index contributed by atoms with van der Waals surface area (Å²) in [5.74, 6) is -1.14. The smallest absolute Gasteiger partial charge is 0.115 e. The first-order valence-electron chi connectivity index (χ1n) is 10.4. The summed E-state index contributed by atoms with van der Waals surface area (Å²) in [4.78, 5) is 0. The highest BCUT2D eigenvalue weighted by Crippen LogP contribution is 2.57. The summed E-state index contributed by atoms with van der Waals surface area (Å²) in [7, 11) is 0. The molecule has 1 fully saturated rings. The van der Waals surface area contributed by atoms with Gasteiger partial charge in [-0.15, -0.1) is 0 Å². The Balaban J connectivity index is 2.18. The molecule has 2 aliphatic rings. The van der Waals surface area contributed by atoms with Crippen LogP contribution in [0.2, 0.25) is 0 Å². The Morgan fingerprint density at radius 3 is 2.03 bits per heavy atom. The number of rotatable bonds is 0. The van der Waals surface area contributed by atoms with E-state index in [9.17, 15) is 31.6 Å². The lowest BCUT2D eigenvalue weighted by molar-refractivity contribution is 0.239. The molecular formula is C26H16N6. The fourth-order valence-electron chi connectivity index (χ4n) is 5.39. The van der Waals surface area contributed by atoms with Gasteiger partial charge in [-0.25, -0.2) is 0 Å². The van der Waals surface area contributed by atoms with E-state index in [0.29, 0.717) is 40.3 Å². The second-order valence-corrected chi connectivity index (χ2v) is 8.23. The minimum Gasteiger partial charge on any atom is -0.198 e. The second-order valence-electron chi connectivity index (χ2n) is 8.23. The molecule has 0 saturated heterocycles. The third-order valence-electron chi connectivity index (χ3n) is 6.85. The van der Waals surface area contributed by atoms with Crippen LogP contribution in [0, 0.1) is 79.3 Å². The maximum Gasteiger partial charge on any atom is 0.115 e. The summed E-state index contributed by atoms with van der Waals surface area (Å²) in [6.45, 7) is 0. The maximum atomic E-state index is 10.4. The summed E-state index contributed by atoms with van der Waals surface area (Å²) in [5, 5.41) is 60.6. The van der Waals surface area contributed by atoms with Crippen molar-refractivity contribution in [2.24, 2.45) is 11.3 Å². The number of nitriles is 6. The number of hydrogen-bond donors (Lipinski definition) is 0. The molecule has 0 aromatic heterocycles. The van der Waals surface area contributed by atoms with Gasteiger partial charge in [0.1, 0.15) is 17.6 Å². The van der Waals surface area contributed by atoms with Crippen molar-refractivity contribution in [3.63, 3.8) is 0 Å². The largest absolute Gasteiger partial charge is 0.198 e. The third kappa shape index (κ3) is 2.73. The van der Waals surface area contributed by atoms with E-state index < -0.39 is 17.3 Å². The van der Waals surface area contributed by atoms with Crippen molar-refractivity contribution in [2.45, 2.75) is 38.0 Å². The molecule has 150 valence electrons. The molecule has 3 atom stereocenters. The quantitative estimate of drug-likeness (QED) is 0.590. The summed E-state index contributed by atoms with van der Waals surface area (Å²) in [5.41, 5.74) is 0.998. The van der Waals surface area contributed by atoms with E-state index in [4.69, 9.17) is 0 Å². The fourth-order valence-corrected chi connectivity index (χ4v) is 5.39. The minimum atomic E-state index is -1.32. The summed E-state index contributed by atoms with van der Waals surface area (Å²) in [6.07, 6.45) is 5.28. The molecule has 6 nitrogen and oxygen atoms in total. The van der Waals surface area contributed by atoms with Crippen LogP contribution in [-0.2, 0) is 0 Å². The van der Waals surface area contributed by atoms with Crippen LogP contribution in [0.15, 0.2) is 23.8 Å². The van der Waals surface area contributed by atoms with Crippen LogP contribution in [0.25, 0.3) is 16.8 Å². The predicted octanol–water partition coefficient (Wildman–Crippen LogP) is 5.07. The Bertz CT molecular complexity index is 1440. The molecule has 0 amide bonds. The van der Waals surface area contributed by atoms with Gasteiger partial charge in [-0.2, -0.15) is 31.6 Å². The van der Waals surface area contributed by atoms with Crippen LogP contribution >= 0.6 is 0 Å². The van der Waals surface area contributed by atoms with Crippen LogP contribution in [-0.4, -0.2) is 0 Å². The zero-order valence-corrected chi connectivity index (χ0v) is 17.2.